The summed E-state index contributed by atoms with van der Waals surface area (Å²) in [6.07, 6.45) is 2.34. The lowest BCUT2D eigenvalue weighted by molar-refractivity contribution is -0.121. The Morgan fingerprint density at radius 3 is 2.78 bits per heavy atom. The van der Waals surface area contributed by atoms with Gasteiger partial charge in [0.15, 0.2) is 0 Å². The molecule has 0 bridgehead atoms. The number of amides is 1. The van der Waals surface area contributed by atoms with Crippen LogP contribution in [0.4, 0.5) is 0 Å². The van der Waals surface area contributed by atoms with Crippen LogP contribution in [0.1, 0.15) is 5.69 Å². The van der Waals surface area contributed by atoms with Crippen molar-refractivity contribution in [3.63, 3.8) is 0 Å². The van der Waals surface area contributed by atoms with E-state index in [1.165, 1.54) is 0 Å². The highest BCUT2D eigenvalue weighted by Crippen LogP contribution is 2.03. The largest absolute Gasteiger partial charge is 0.354 e. The summed E-state index contributed by atoms with van der Waals surface area (Å²) in [5, 5.41) is 10.9. The van der Waals surface area contributed by atoms with Crippen molar-refractivity contribution in [2.24, 2.45) is 0 Å². The van der Waals surface area contributed by atoms with Crippen molar-refractivity contribution in [2.45, 2.75) is 13.0 Å². The second-order valence-corrected chi connectivity index (χ2v) is 4.99. The van der Waals surface area contributed by atoms with Crippen molar-refractivity contribution in [2.75, 3.05) is 6.54 Å². The van der Waals surface area contributed by atoms with Gasteiger partial charge in [-0.25, -0.2) is 4.68 Å². The first kappa shape index (κ1) is 14.8. The van der Waals surface area contributed by atoms with Crippen LogP contribution in [-0.2, 0) is 17.8 Å². The topological polar surface area (TPSA) is 89.8 Å². The van der Waals surface area contributed by atoms with E-state index in [0.29, 0.717) is 23.9 Å². The van der Waals surface area contributed by atoms with Gasteiger partial charge in [-0.1, -0.05) is 23.4 Å². The van der Waals surface area contributed by atoms with Gasteiger partial charge in [-0.15, -0.1) is 5.10 Å². The van der Waals surface area contributed by atoms with Gasteiger partial charge in [-0.2, -0.15) is 0 Å². The minimum atomic E-state index is -0.324. The van der Waals surface area contributed by atoms with E-state index in [9.17, 15) is 9.59 Å². The van der Waals surface area contributed by atoms with E-state index >= 15 is 0 Å². The average molecular weight is 309 g/mol. The molecule has 2 heterocycles. The Labute approximate surface area is 132 Å². The predicted octanol–water partition coefficient (Wildman–Crippen LogP) is 0.545. The fourth-order valence-electron chi connectivity index (χ4n) is 2.19. The molecule has 0 aliphatic rings. The smallest absolute Gasteiger partial charge is 0.278 e. The number of carbonyl (C=O) groups excluding carboxylic acids is 1. The molecule has 3 aromatic rings. The summed E-state index contributed by atoms with van der Waals surface area (Å²) in [6, 6.07) is 12.5. The van der Waals surface area contributed by atoms with Crippen molar-refractivity contribution in [3.8, 4) is 0 Å². The van der Waals surface area contributed by atoms with Crippen LogP contribution in [0.15, 0.2) is 53.5 Å². The number of carbonyl (C=O) groups is 1. The minimum absolute atomic E-state index is 0.154. The first-order valence-electron chi connectivity index (χ1n) is 7.23. The lowest BCUT2D eigenvalue weighted by atomic mass is 10.2. The van der Waals surface area contributed by atoms with Crippen molar-refractivity contribution in [1.82, 2.24) is 25.3 Å². The number of nitrogens with one attached hydrogen (secondary N) is 1. The Kier molecular flexibility index (Phi) is 4.37. The summed E-state index contributed by atoms with van der Waals surface area (Å²) in [5.41, 5.74) is 1.09. The van der Waals surface area contributed by atoms with Crippen LogP contribution in [0.25, 0.3) is 10.9 Å². The molecule has 0 atom stereocenters. The molecule has 7 nitrogen and oxygen atoms in total. The summed E-state index contributed by atoms with van der Waals surface area (Å²) in [5.74, 6) is -0.285. The summed E-state index contributed by atoms with van der Waals surface area (Å²) in [4.78, 5) is 28.3. The summed E-state index contributed by atoms with van der Waals surface area (Å²) < 4.78 is 1.07. The monoisotopic (exact) mass is 309 g/mol. The molecule has 0 aliphatic heterocycles. The Morgan fingerprint density at radius 2 is 1.96 bits per heavy atom. The van der Waals surface area contributed by atoms with Crippen LogP contribution in [-0.4, -0.2) is 32.4 Å². The molecule has 7 heteroatoms. The van der Waals surface area contributed by atoms with Crippen LogP contribution in [0.3, 0.4) is 0 Å². The second kappa shape index (κ2) is 6.78. The van der Waals surface area contributed by atoms with E-state index in [1.54, 1.807) is 30.5 Å². The van der Waals surface area contributed by atoms with Gasteiger partial charge in [-0.05, 0) is 24.3 Å². The number of rotatable bonds is 5. The van der Waals surface area contributed by atoms with Crippen molar-refractivity contribution in [1.29, 1.82) is 0 Å². The summed E-state index contributed by atoms with van der Waals surface area (Å²) in [6.45, 7) is 0.296. The third kappa shape index (κ3) is 3.57. The first-order valence-corrected chi connectivity index (χ1v) is 7.23. The third-order valence-corrected chi connectivity index (χ3v) is 3.35. The van der Waals surface area contributed by atoms with E-state index in [2.05, 4.69) is 20.6 Å². The predicted molar refractivity (Wildman–Crippen MR) is 84.7 cm³/mol. The fraction of sp³-hybridized carbons (Fsp3) is 0.188. The van der Waals surface area contributed by atoms with E-state index in [4.69, 9.17) is 0 Å². The zero-order valence-corrected chi connectivity index (χ0v) is 12.3. The highest BCUT2D eigenvalue weighted by atomic mass is 16.2. The molecule has 2 aromatic heterocycles. The van der Waals surface area contributed by atoms with E-state index in [-0.39, 0.29) is 18.0 Å². The molecule has 0 unspecified atom stereocenters. The van der Waals surface area contributed by atoms with Gasteiger partial charge in [0.05, 0.1) is 5.39 Å². The number of hydrogen-bond acceptors (Lipinski definition) is 5. The molecule has 1 N–H and O–H groups in total. The van der Waals surface area contributed by atoms with Gasteiger partial charge >= 0.3 is 0 Å². The molecule has 0 saturated heterocycles. The highest BCUT2D eigenvalue weighted by molar-refractivity contribution is 5.78. The fourth-order valence-corrected chi connectivity index (χ4v) is 2.19. The van der Waals surface area contributed by atoms with Gasteiger partial charge in [-0.3, -0.25) is 14.6 Å². The Morgan fingerprint density at radius 1 is 1.13 bits per heavy atom. The van der Waals surface area contributed by atoms with Crippen LogP contribution < -0.4 is 10.9 Å². The molecule has 1 amide bonds. The normalized spacial score (nSPS) is 10.6. The molecule has 116 valence electrons. The lowest BCUT2D eigenvalue weighted by Crippen LogP contribution is -2.35. The van der Waals surface area contributed by atoms with Gasteiger partial charge in [0, 0.05) is 24.9 Å². The number of aromatic nitrogens is 4. The molecular formula is C16H15N5O2. The maximum absolute atomic E-state index is 12.2. The maximum Gasteiger partial charge on any atom is 0.278 e. The quantitative estimate of drug-likeness (QED) is 0.743. The Bertz CT molecular complexity index is 876. The SMILES string of the molecule is O=C(Cn1nnc2ccccc2c1=O)NCCc1ccccn1. The molecule has 0 aliphatic carbocycles. The summed E-state index contributed by atoms with van der Waals surface area (Å²) in [7, 11) is 0. The standard InChI is InChI=1S/C16H15N5O2/c22-15(18-10-8-12-5-3-4-9-17-12)11-21-16(23)13-6-1-2-7-14(13)19-20-21/h1-7,9H,8,10-11H2,(H,18,22). The molecule has 0 radical (unpaired) electrons. The first-order chi connectivity index (χ1) is 11.2. The van der Waals surface area contributed by atoms with Gasteiger partial charge in [0.2, 0.25) is 5.91 Å². The number of pyridine rings is 1. The Hall–Kier alpha value is -3.09. The van der Waals surface area contributed by atoms with Crippen LogP contribution in [0.5, 0.6) is 0 Å². The van der Waals surface area contributed by atoms with E-state index in [1.807, 2.05) is 18.2 Å². The summed E-state index contributed by atoms with van der Waals surface area (Å²) >= 11 is 0. The van der Waals surface area contributed by atoms with Gasteiger partial charge < -0.3 is 5.32 Å². The average Bonchev–Trinajstić information content (AvgIpc) is 2.59. The zero-order chi connectivity index (χ0) is 16.1. The minimum Gasteiger partial charge on any atom is -0.354 e. The number of fused-ring (bicyclic) bond motifs is 1. The van der Waals surface area contributed by atoms with E-state index in [0.717, 1.165) is 10.4 Å². The maximum atomic E-state index is 12.2. The molecule has 0 spiro atoms. The van der Waals surface area contributed by atoms with Gasteiger partial charge in [0.25, 0.3) is 5.56 Å². The molecule has 0 saturated carbocycles. The third-order valence-electron chi connectivity index (χ3n) is 3.35. The Balaban J connectivity index is 1.62. The van der Waals surface area contributed by atoms with Crippen LogP contribution in [0.2, 0.25) is 0 Å². The van der Waals surface area contributed by atoms with Crippen molar-refractivity contribution in [3.05, 3.63) is 64.7 Å². The van der Waals surface area contributed by atoms with E-state index < -0.39 is 0 Å². The van der Waals surface area contributed by atoms with Crippen molar-refractivity contribution >= 4 is 16.8 Å². The molecule has 0 fully saturated rings. The van der Waals surface area contributed by atoms with Gasteiger partial charge in [0.1, 0.15) is 12.1 Å². The van der Waals surface area contributed by atoms with Crippen LogP contribution in [0, 0.1) is 0 Å². The lowest BCUT2D eigenvalue weighted by Gasteiger charge is -2.06. The highest BCUT2D eigenvalue weighted by Gasteiger charge is 2.09. The van der Waals surface area contributed by atoms with Crippen LogP contribution >= 0.6 is 0 Å². The number of benzene rings is 1. The van der Waals surface area contributed by atoms with Crippen molar-refractivity contribution < 1.29 is 4.79 Å². The number of hydrogen-bond donors (Lipinski definition) is 1. The molecular weight excluding hydrogens is 294 g/mol. The number of nitrogens with zero attached hydrogens (tertiary/aromatic N) is 4. The molecule has 1 aromatic carbocycles. The molecule has 3 rings (SSSR count). The zero-order valence-electron chi connectivity index (χ0n) is 12.3. The molecule has 23 heavy (non-hydrogen) atoms. The second-order valence-electron chi connectivity index (χ2n) is 4.99.